The molecule has 1 aromatic heterocycles. The van der Waals surface area contributed by atoms with Crippen LogP contribution in [0.1, 0.15) is 5.56 Å². The van der Waals surface area contributed by atoms with Crippen molar-refractivity contribution >= 4 is 52.2 Å². The Kier molecular flexibility index (Phi) is 7.51. The number of thiocarbonyl (C=S) groups is 1. The second kappa shape index (κ2) is 10.9. The van der Waals surface area contributed by atoms with Crippen LogP contribution >= 0.6 is 24.0 Å². The quantitative estimate of drug-likeness (QED) is 0.404. The zero-order valence-electron chi connectivity index (χ0n) is 20.0. The van der Waals surface area contributed by atoms with Crippen molar-refractivity contribution in [2.24, 2.45) is 0 Å². The van der Waals surface area contributed by atoms with Crippen LogP contribution in [0.2, 0.25) is 0 Å². The van der Waals surface area contributed by atoms with Gasteiger partial charge in [0.1, 0.15) is 4.32 Å². The van der Waals surface area contributed by atoms with Gasteiger partial charge in [-0.2, -0.15) is 15.0 Å². The van der Waals surface area contributed by atoms with Crippen LogP contribution in [0.15, 0.2) is 23.1 Å². The maximum atomic E-state index is 12.4. The summed E-state index contributed by atoms with van der Waals surface area (Å²) in [6, 6.07) is 5.58. The standard InChI is InChI=1S/C23H26N6O5S2/c1-27-19(30)18(36-23(27)35)14-15-3-4-16(17(13-15)31-2)34-22-25-20(28-5-9-32-10-6-28)24-21(26-22)29-7-11-33-12-8-29/h3-4,13-14H,5-12H2,1-2H3. The van der Waals surface area contributed by atoms with Crippen LogP contribution in [0.3, 0.4) is 0 Å². The van der Waals surface area contributed by atoms with Crippen molar-refractivity contribution in [1.29, 1.82) is 0 Å². The zero-order valence-corrected chi connectivity index (χ0v) is 21.6. The fourth-order valence-electron chi connectivity index (χ4n) is 3.84. The Morgan fingerprint density at radius 1 is 0.972 bits per heavy atom. The SMILES string of the molecule is COc1cc(C=C2SC(=S)N(C)C2=O)ccc1Oc1nc(N2CCOCC2)nc(N2CCOCC2)n1. The predicted molar refractivity (Wildman–Crippen MR) is 140 cm³/mol. The van der Waals surface area contributed by atoms with Gasteiger partial charge in [-0.3, -0.25) is 9.69 Å². The highest BCUT2D eigenvalue weighted by molar-refractivity contribution is 8.26. The van der Waals surface area contributed by atoms with Crippen molar-refractivity contribution in [3.05, 3.63) is 28.7 Å². The summed E-state index contributed by atoms with van der Waals surface area (Å²) < 4.78 is 23.2. The van der Waals surface area contributed by atoms with Crippen molar-refractivity contribution in [3.8, 4) is 17.5 Å². The summed E-state index contributed by atoms with van der Waals surface area (Å²) in [7, 11) is 3.23. The fraction of sp³-hybridized carbons (Fsp3) is 0.435. The molecule has 2 aromatic rings. The number of carbonyl (C=O) groups is 1. The molecule has 0 spiro atoms. The summed E-state index contributed by atoms with van der Waals surface area (Å²) in [6.45, 7) is 5.20. The van der Waals surface area contributed by atoms with Crippen LogP contribution in [0.25, 0.3) is 6.08 Å². The Balaban J connectivity index is 1.43. The topological polar surface area (TPSA) is 102 Å². The number of nitrogens with zero attached hydrogens (tertiary/aromatic N) is 6. The van der Waals surface area contributed by atoms with Crippen LogP contribution in [0.4, 0.5) is 11.9 Å². The molecule has 1 amide bonds. The third-order valence-electron chi connectivity index (χ3n) is 5.85. The number of benzene rings is 1. The molecule has 3 saturated heterocycles. The molecule has 3 fully saturated rings. The number of methoxy groups -OCH3 is 1. The zero-order chi connectivity index (χ0) is 25.1. The van der Waals surface area contributed by atoms with E-state index in [2.05, 4.69) is 19.8 Å². The van der Waals surface area contributed by atoms with E-state index in [0.29, 0.717) is 85.2 Å². The maximum Gasteiger partial charge on any atom is 0.328 e. The number of rotatable bonds is 6. The minimum atomic E-state index is -0.124. The number of morpholine rings is 2. The van der Waals surface area contributed by atoms with Gasteiger partial charge in [-0.15, -0.1) is 0 Å². The lowest BCUT2D eigenvalue weighted by atomic mass is 10.2. The highest BCUT2D eigenvalue weighted by Crippen LogP contribution is 2.35. The normalized spacial score (nSPS) is 19.8. The molecule has 0 aliphatic carbocycles. The largest absolute Gasteiger partial charge is 0.493 e. The van der Waals surface area contributed by atoms with E-state index in [9.17, 15) is 4.79 Å². The van der Waals surface area contributed by atoms with Crippen LogP contribution in [-0.2, 0) is 14.3 Å². The third kappa shape index (κ3) is 5.38. The van der Waals surface area contributed by atoms with Gasteiger partial charge in [-0.1, -0.05) is 30.0 Å². The molecule has 0 unspecified atom stereocenters. The Morgan fingerprint density at radius 2 is 1.58 bits per heavy atom. The van der Waals surface area contributed by atoms with E-state index in [-0.39, 0.29) is 11.9 Å². The lowest BCUT2D eigenvalue weighted by molar-refractivity contribution is -0.121. The van der Waals surface area contributed by atoms with E-state index >= 15 is 0 Å². The molecule has 4 heterocycles. The number of amides is 1. The lowest BCUT2D eigenvalue weighted by Crippen LogP contribution is -2.40. The minimum Gasteiger partial charge on any atom is -0.493 e. The average molecular weight is 531 g/mol. The first-order valence-corrected chi connectivity index (χ1v) is 12.7. The van der Waals surface area contributed by atoms with Crippen molar-refractivity contribution in [3.63, 3.8) is 0 Å². The Morgan fingerprint density at radius 3 is 2.11 bits per heavy atom. The first-order chi connectivity index (χ1) is 17.5. The summed E-state index contributed by atoms with van der Waals surface area (Å²) in [5, 5.41) is 0. The lowest BCUT2D eigenvalue weighted by Gasteiger charge is -2.30. The molecular formula is C23H26N6O5S2. The van der Waals surface area contributed by atoms with Crippen LogP contribution in [0, 0.1) is 0 Å². The predicted octanol–water partition coefficient (Wildman–Crippen LogP) is 2.18. The van der Waals surface area contributed by atoms with Crippen molar-refractivity contribution < 1.29 is 23.7 Å². The van der Waals surface area contributed by atoms with Gasteiger partial charge in [0.05, 0.1) is 38.4 Å². The van der Waals surface area contributed by atoms with E-state index in [4.69, 9.17) is 36.1 Å². The van der Waals surface area contributed by atoms with E-state index < -0.39 is 0 Å². The first-order valence-electron chi connectivity index (χ1n) is 11.5. The monoisotopic (exact) mass is 530 g/mol. The van der Waals surface area contributed by atoms with Gasteiger partial charge in [0, 0.05) is 33.2 Å². The number of thioether (sulfide) groups is 1. The summed E-state index contributed by atoms with van der Waals surface area (Å²) in [5.74, 6) is 1.89. The summed E-state index contributed by atoms with van der Waals surface area (Å²) >= 11 is 6.48. The third-order valence-corrected chi connectivity index (χ3v) is 7.34. The van der Waals surface area contributed by atoms with E-state index in [1.54, 1.807) is 32.4 Å². The molecule has 0 bridgehead atoms. The second-order valence-corrected chi connectivity index (χ2v) is 9.85. The summed E-state index contributed by atoms with van der Waals surface area (Å²) in [5.41, 5.74) is 0.784. The van der Waals surface area contributed by atoms with Gasteiger partial charge in [-0.05, 0) is 23.8 Å². The molecule has 1 aromatic carbocycles. The van der Waals surface area contributed by atoms with Gasteiger partial charge in [-0.25, -0.2) is 0 Å². The Labute approximate surface area is 218 Å². The molecule has 3 aliphatic rings. The Hall–Kier alpha value is -3.00. The van der Waals surface area contributed by atoms with Gasteiger partial charge in [0.2, 0.25) is 11.9 Å². The molecule has 11 nitrogen and oxygen atoms in total. The van der Waals surface area contributed by atoms with Gasteiger partial charge in [0.25, 0.3) is 5.91 Å². The number of likely N-dealkylation sites (N-methyl/N-ethyl adjacent to an activating group) is 1. The molecule has 0 saturated carbocycles. The molecule has 0 N–H and O–H groups in total. The Bertz CT molecular complexity index is 1150. The van der Waals surface area contributed by atoms with Gasteiger partial charge < -0.3 is 28.7 Å². The second-order valence-electron chi connectivity index (χ2n) is 8.17. The first kappa shape index (κ1) is 24.7. The van der Waals surface area contributed by atoms with Crippen LogP contribution < -0.4 is 19.3 Å². The number of aromatic nitrogens is 3. The molecule has 3 aliphatic heterocycles. The van der Waals surface area contributed by atoms with E-state index in [1.807, 2.05) is 6.07 Å². The number of carbonyl (C=O) groups excluding carboxylic acids is 1. The van der Waals surface area contributed by atoms with Gasteiger partial charge >= 0.3 is 6.01 Å². The molecule has 36 heavy (non-hydrogen) atoms. The molecule has 13 heteroatoms. The van der Waals surface area contributed by atoms with Crippen molar-refractivity contribution in [2.75, 3.05) is 76.6 Å². The number of hydrogen-bond donors (Lipinski definition) is 0. The number of ether oxygens (including phenoxy) is 4. The van der Waals surface area contributed by atoms with Crippen molar-refractivity contribution in [1.82, 2.24) is 19.9 Å². The molecule has 0 radical (unpaired) electrons. The fourth-order valence-corrected chi connectivity index (χ4v) is 5.02. The minimum absolute atomic E-state index is 0.124. The molecule has 0 atom stereocenters. The highest BCUT2D eigenvalue weighted by Gasteiger charge is 2.29. The van der Waals surface area contributed by atoms with E-state index in [0.717, 1.165) is 5.56 Å². The smallest absolute Gasteiger partial charge is 0.328 e. The van der Waals surface area contributed by atoms with Crippen LogP contribution in [0.5, 0.6) is 17.5 Å². The van der Waals surface area contributed by atoms with Gasteiger partial charge in [0.15, 0.2) is 11.5 Å². The number of anilines is 2. The summed E-state index contributed by atoms with van der Waals surface area (Å²) in [6.07, 6.45) is 1.78. The number of hydrogen-bond acceptors (Lipinski definition) is 12. The molecule has 190 valence electrons. The highest BCUT2D eigenvalue weighted by atomic mass is 32.2. The van der Waals surface area contributed by atoms with Crippen LogP contribution in [-0.4, -0.2) is 96.8 Å². The van der Waals surface area contributed by atoms with Crippen molar-refractivity contribution in [2.45, 2.75) is 0 Å². The van der Waals surface area contributed by atoms with E-state index in [1.165, 1.54) is 16.7 Å². The summed E-state index contributed by atoms with van der Waals surface area (Å²) in [4.78, 5) is 32.4. The average Bonchev–Trinajstić information content (AvgIpc) is 3.16. The molecular weight excluding hydrogens is 504 g/mol. The maximum absolute atomic E-state index is 12.4. The molecule has 5 rings (SSSR count).